The molecule has 35 heavy (non-hydrogen) atoms. The number of carbonyl (C=O) groups excluding carboxylic acids is 2. The number of esters is 1. The summed E-state index contributed by atoms with van der Waals surface area (Å²) in [6.45, 7) is -0.653. The lowest BCUT2D eigenvalue weighted by molar-refractivity contribution is -0.383. The van der Waals surface area contributed by atoms with Crippen molar-refractivity contribution in [3.05, 3.63) is 93.5 Å². The van der Waals surface area contributed by atoms with Gasteiger partial charge in [0.05, 0.1) is 28.8 Å². The summed E-state index contributed by atoms with van der Waals surface area (Å²) in [4.78, 5) is 40.6. The minimum Gasteiger partial charge on any atom is -0.497 e. The quantitative estimate of drug-likeness (QED) is 0.212. The topological polar surface area (TPSA) is 121 Å². The van der Waals surface area contributed by atoms with E-state index < -0.39 is 23.4 Å². The summed E-state index contributed by atoms with van der Waals surface area (Å²) in [5.74, 6) is -1.17. The Morgan fingerprint density at radius 2 is 1.80 bits per heavy atom. The van der Waals surface area contributed by atoms with Crippen LogP contribution < -0.4 is 10.1 Å². The van der Waals surface area contributed by atoms with Crippen LogP contribution in [-0.4, -0.2) is 35.5 Å². The van der Waals surface area contributed by atoms with Gasteiger partial charge in [-0.15, -0.1) is 0 Å². The van der Waals surface area contributed by atoms with Crippen LogP contribution in [0.2, 0.25) is 5.02 Å². The van der Waals surface area contributed by atoms with Crippen LogP contribution in [0.1, 0.15) is 10.4 Å². The Hall–Kier alpha value is -4.50. The van der Waals surface area contributed by atoms with Gasteiger partial charge in [0.2, 0.25) is 0 Å². The van der Waals surface area contributed by atoms with E-state index in [9.17, 15) is 19.7 Å². The predicted octanol–water partition coefficient (Wildman–Crippen LogP) is 5.27. The second kappa shape index (κ2) is 10.2. The van der Waals surface area contributed by atoms with Crippen LogP contribution in [0.25, 0.3) is 22.2 Å². The van der Waals surface area contributed by atoms with Crippen LogP contribution in [0.15, 0.2) is 72.8 Å². The molecular weight excluding hydrogens is 474 g/mol. The van der Waals surface area contributed by atoms with Gasteiger partial charge in [0, 0.05) is 28.1 Å². The number of fused-ring (bicyclic) bond motifs is 1. The van der Waals surface area contributed by atoms with Gasteiger partial charge >= 0.3 is 5.97 Å². The monoisotopic (exact) mass is 491 g/mol. The first kappa shape index (κ1) is 23.7. The fourth-order valence-corrected chi connectivity index (χ4v) is 3.54. The highest BCUT2D eigenvalue weighted by atomic mass is 35.5. The Balaban J connectivity index is 1.56. The Morgan fingerprint density at radius 1 is 1.06 bits per heavy atom. The van der Waals surface area contributed by atoms with Gasteiger partial charge in [0.25, 0.3) is 11.6 Å². The molecule has 1 aromatic heterocycles. The Morgan fingerprint density at radius 3 is 2.51 bits per heavy atom. The maximum atomic E-state index is 12.9. The van der Waals surface area contributed by atoms with E-state index in [2.05, 4.69) is 10.3 Å². The molecule has 0 spiro atoms. The summed E-state index contributed by atoms with van der Waals surface area (Å²) in [5.41, 5.74) is 1.68. The lowest BCUT2D eigenvalue weighted by Gasteiger charge is -2.11. The van der Waals surface area contributed by atoms with Crippen molar-refractivity contribution in [2.75, 3.05) is 19.0 Å². The SMILES string of the molecule is COc1ccc([N+](=O)[O-])c(NC(=O)COC(=O)c2cc(-c3ccc(Cl)cc3)nc3ccccc23)c1. The number of halogens is 1. The summed E-state index contributed by atoms with van der Waals surface area (Å²) < 4.78 is 10.3. The van der Waals surface area contributed by atoms with Crippen LogP contribution in [-0.2, 0) is 9.53 Å². The number of nitro benzene ring substituents is 1. The molecule has 1 amide bonds. The van der Waals surface area contributed by atoms with E-state index >= 15 is 0 Å². The van der Waals surface area contributed by atoms with Crippen molar-refractivity contribution in [3.8, 4) is 17.0 Å². The van der Waals surface area contributed by atoms with Crippen LogP contribution >= 0.6 is 11.6 Å². The summed E-state index contributed by atoms with van der Waals surface area (Å²) >= 11 is 5.97. The summed E-state index contributed by atoms with van der Waals surface area (Å²) in [5, 5.41) is 14.8. The van der Waals surface area contributed by atoms with Crippen molar-refractivity contribution < 1.29 is 24.0 Å². The number of nitro groups is 1. The number of hydrogen-bond donors (Lipinski definition) is 1. The number of ether oxygens (including phenoxy) is 2. The maximum Gasteiger partial charge on any atom is 0.339 e. The van der Waals surface area contributed by atoms with E-state index in [1.165, 1.54) is 25.3 Å². The van der Waals surface area contributed by atoms with Crippen molar-refractivity contribution in [2.45, 2.75) is 0 Å². The second-order valence-corrected chi connectivity index (χ2v) is 7.78. The third-order valence-corrected chi connectivity index (χ3v) is 5.34. The first-order valence-corrected chi connectivity index (χ1v) is 10.7. The Bertz CT molecular complexity index is 1440. The van der Waals surface area contributed by atoms with Gasteiger partial charge in [-0.25, -0.2) is 9.78 Å². The fraction of sp³-hybridized carbons (Fsp3) is 0.0800. The van der Waals surface area contributed by atoms with Crippen LogP contribution in [0.4, 0.5) is 11.4 Å². The minimum absolute atomic E-state index is 0.0743. The van der Waals surface area contributed by atoms with E-state index in [1.54, 1.807) is 54.6 Å². The molecule has 0 radical (unpaired) electrons. The van der Waals surface area contributed by atoms with Gasteiger partial charge < -0.3 is 14.8 Å². The third kappa shape index (κ3) is 5.36. The van der Waals surface area contributed by atoms with Crippen LogP contribution in [0.5, 0.6) is 5.75 Å². The van der Waals surface area contributed by atoms with Crippen LogP contribution in [0.3, 0.4) is 0 Å². The molecule has 0 aliphatic heterocycles. The fourth-order valence-electron chi connectivity index (χ4n) is 3.41. The number of benzene rings is 3. The molecule has 0 aliphatic carbocycles. The number of pyridine rings is 1. The first-order valence-electron chi connectivity index (χ1n) is 10.3. The Kier molecular flexibility index (Phi) is 6.88. The number of methoxy groups -OCH3 is 1. The summed E-state index contributed by atoms with van der Waals surface area (Å²) in [7, 11) is 1.39. The van der Waals surface area contributed by atoms with Gasteiger partial charge in [0.15, 0.2) is 6.61 Å². The standard InChI is InChI=1S/C25H18ClN3O6/c1-34-17-10-11-23(29(32)33)22(12-17)28-24(30)14-35-25(31)19-13-21(15-6-8-16(26)9-7-15)27-20-5-3-2-4-18(19)20/h2-13H,14H2,1H3,(H,28,30). The van der Waals surface area contributed by atoms with Gasteiger partial charge in [0.1, 0.15) is 11.4 Å². The minimum atomic E-state index is -0.744. The van der Waals surface area contributed by atoms with Crippen molar-refractivity contribution in [1.29, 1.82) is 0 Å². The van der Waals surface area contributed by atoms with Crippen molar-refractivity contribution in [3.63, 3.8) is 0 Å². The van der Waals surface area contributed by atoms with Crippen molar-refractivity contribution >= 4 is 45.8 Å². The van der Waals surface area contributed by atoms with Gasteiger partial charge in [-0.1, -0.05) is 41.9 Å². The molecule has 0 unspecified atom stereocenters. The number of nitrogens with one attached hydrogen (secondary N) is 1. The lowest BCUT2D eigenvalue weighted by Crippen LogP contribution is -2.21. The zero-order valence-electron chi connectivity index (χ0n) is 18.4. The molecule has 9 nitrogen and oxygen atoms in total. The lowest BCUT2D eigenvalue weighted by atomic mass is 10.0. The van der Waals surface area contributed by atoms with E-state index in [0.717, 1.165) is 5.56 Å². The number of amides is 1. The van der Waals surface area contributed by atoms with Gasteiger partial charge in [-0.3, -0.25) is 14.9 Å². The predicted molar refractivity (Wildman–Crippen MR) is 131 cm³/mol. The number of nitrogens with zero attached hydrogens (tertiary/aromatic N) is 2. The summed E-state index contributed by atoms with van der Waals surface area (Å²) in [6, 6.07) is 19.5. The van der Waals surface area contributed by atoms with E-state index in [4.69, 9.17) is 21.1 Å². The molecule has 4 aromatic rings. The number of carbonyl (C=O) groups is 2. The van der Waals surface area contributed by atoms with Crippen molar-refractivity contribution in [2.24, 2.45) is 0 Å². The molecule has 0 aliphatic rings. The highest BCUT2D eigenvalue weighted by Crippen LogP contribution is 2.29. The first-order chi connectivity index (χ1) is 16.9. The molecule has 1 heterocycles. The molecule has 4 rings (SSSR count). The van der Waals surface area contributed by atoms with E-state index in [0.29, 0.717) is 27.4 Å². The zero-order valence-corrected chi connectivity index (χ0v) is 19.1. The molecule has 176 valence electrons. The van der Waals surface area contributed by atoms with E-state index in [-0.39, 0.29) is 16.9 Å². The number of hydrogen-bond acceptors (Lipinski definition) is 7. The number of para-hydroxylation sites is 1. The average Bonchev–Trinajstić information content (AvgIpc) is 2.86. The van der Waals surface area contributed by atoms with Gasteiger partial charge in [-0.2, -0.15) is 0 Å². The largest absolute Gasteiger partial charge is 0.497 e. The number of aromatic nitrogens is 1. The highest BCUT2D eigenvalue weighted by Gasteiger charge is 2.20. The smallest absolute Gasteiger partial charge is 0.339 e. The molecule has 0 bridgehead atoms. The van der Waals surface area contributed by atoms with Crippen molar-refractivity contribution in [1.82, 2.24) is 4.98 Å². The molecular formula is C25H18ClN3O6. The van der Waals surface area contributed by atoms with Gasteiger partial charge in [-0.05, 0) is 30.3 Å². The molecule has 3 aromatic carbocycles. The molecule has 10 heteroatoms. The molecule has 1 N–H and O–H groups in total. The molecule has 0 fully saturated rings. The molecule has 0 saturated heterocycles. The molecule has 0 saturated carbocycles. The van der Waals surface area contributed by atoms with E-state index in [1.807, 2.05) is 0 Å². The maximum absolute atomic E-state index is 12.9. The number of anilines is 1. The average molecular weight is 492 g/mol. The second-order valence-electron chi connectivity index (χ2n) is 7.34. The van der Waals surface area contributed by atoms with Crippen LogP contribution in [0, 0.1) is 10.1 Å². The normalized spacial score (nSPS) is 10.6. The molecule has 0 atom stereocenters. The number of rotatable bonds is 7. The third-order valence-electron chi connectivity index (χ3n) is 5.08. The zero-order chi connectivity index (χ0) is 24.9. The Labute approximate surface area is 204 Å². The summed E-state index contributed by atoms with van der Waals surface area (Å²) in [6.07, 6.45) is 0. The highest BCUT2D eigenvalue weighted by molar-refractivity contribution is 6.30.